The van der Waals surface area contributed by atoms with E-state index in [4.69, 9.17) is 18.7 Å². The number of methoxy groups -OCH3 is 3. The molecule has 0 saturated carbocycles. The molecule has 2 aromatic carbocycles. The van der Waals surface area contributed by atoms with Crippen molar-refractivity contribution in [1.82, 2.24) is 5.16 Å². The van der Waals surface area contributed by atoms with Gasteiger partial charge >= 0.3 is 0 Å². The van der Waals surface area contributed by atoms with Crippen LogP contribution in [0, 0.1) is 6.92 Å². The molecule has 0 aliphatic rings. The second-order valence-electron chi connectivity index (χ2n) is 5.87. The Morgan fingerprint density at radius 3 is 2.21 bits per heavy atom. The second kappa shape index (κ2) is 7.81. The van der Waals surface area contributed by atoms with Gasteiger partial charge in [-0.1, -0.05) is 5.16 Å². The molecule has 0 fully saturated rings. The molecule has 148 valence electrons. The van der Waals surface area contributed by atoms with E-state index in [1.165, 1.54) is 33.5 Å². The van der Waals surface area contributed by atoms with Gasteiger partial charge in [0.1, 0.15) is 10.6 Å². The molecule has 0 saturated heterocycles. The Morgan fingerprint density at radius 2 is 1.61 bits per heavy atom. The van der Waals surface area contributed by atoms with Crippen LogP contribution in [0.5, 0.6) is 17.2 Å². The first-order valence-corrected chi connectivity index (χ1v) is 9.73. The van der Waals surface area contributed by atoms with Gasteiger partial charge in [-0.3, -0.25) is 4.72 Å². The summed E-state index contributed by atoms with van der Waals surface area (Å²) in [6.07, 6.45) is 0. The lowest BCUT2D eigenvalue weighted by Gasteiger charge is -2.14. The molecule has 1 aromatic heterocycles. The fourth-order valence-corrected chi connectivity index (χ4v) is 3.85. The van der Waals surface area contributed by atoms with E-state index in [2.05, 4.69) is 9.88 Å². The molecule has 3 aromatic rings. The van der Waals surface area contributed by atoms with Gasteiger partial charge < -0.3 is 18.7 Å². The van der Waals surface area contributed by atoms with Crippen LogP contribution in [0.3, 0.4) is 0 Å². The third-order valence-corrected chi connectivity index (χ3v) is 5.42. The Morgan fingerprint density at radius 1 is 0.893 bits per heavy atom. The van der Waals surface area contributed by atoms with E-state index in [0.717, 1.165) is 5.69 Å². The largest absolute Gasteiger partial charge is 0.495 e. The molecule has 1 N–H and O–H groups in total. The van der Waals surface area contributed by atoms with Crippen LogP contribution < -0.4 is 18.9 Å². The van der Waals surface area contributed by atoms with E-state index in [-0.39, 0.29) is 10.6 Å². The summed E-state index contributed by atoms with van der Waals surface area (Å²) in [4.78, 5) is -0.00947. The SMILES string of the molecule is COc1ccc(NS(=O)(=O)c2ccc(-c3cc(C)no3)cc2OC)cc1OC. The molecule has 28 heavy (non-hydrogen) atoms. The van der Waals surface area contributed by atoms with E-state index < -0.39 is 10.0 Å². The van der Waals surface area contributed by atoms with E-state index in [1.54, 1.807) is 37.3 Å². The number of hydrogen-bond acceptors (Lipinski definition) is 7. The van der Waals surface area contributed by atoms with Crippen LogP contribution in [-0.2, 0) is 10.0 Å². The highest BCUT2D eigenvalue weighted by molar-refractivity contribution is 7.92. The monoisotopic (exact) mass is 404 g/mol. The molecule has 0 aliphatic heterocycles. The van der Waals surface area contributed by atoms with E-state index in [0.29, 0.717) is 28.5 Å². The Labute approximate surface area is 163 Å². The van der Waals surface area contributed by atoms with Crippen LogP contribution in [0.4, 0.5) is 5.69 Å². The topological polar surface area (TPSA) is 99.9 Å². The maximum absolute atomic E-state index is 12.9. The van der Waals surface area contributed by atoms with Crippen molar-refractivity contribution in [2.75, 3.05) is 26.1 Å². The molecule has 8 nitrogen and oxygen atoms in total. The summed E-state index contributed by atoms with van der Waals surface area (Å²) in [6.45, 7) is 1.80. The first-order chi connectivity index (χ1) is 13.4. The average Bonchev–Trinajstić information content (AvgIpc) is 3.13. The quantitative estimate of drug-likeness (QED) is 0.643. The molecule has 0 amide bonds. The van der Waals surface area contributed by atoms with Gasteiger partial charge in [0.2, 0.25) is 0 Å². The summed E-state index contributed by atoms with van der Waals surface area (Å²) in [5.41, 5.74) is 1.71. The van der Waals surface area contributed by atoms with Gasteiger partial charge in [-0.2, -0.15) is 0 Å². The zero-order valence-electron chi connectivity index (χ0n) is 15.8. The predicted octanol–water partition coefficient (Wildman–Crippen LogP) is 3.48. The van der Waals surface area contributed by atoms with Crippen molar-refractivity contribution < 1.29 is 27.2 Å². The molecule has 0 atom stereocenters. The van der Waals surface area contributed by atoms with E-state index >= 15 is 0 Å². The Bertz CT molecular complexity index is 1090. The smallest absolute Gasteiger partial charge is 0.265 e. The van der Waals surface area contributed by atoms with Gasteiger partial charge in [-0.15, -0.1) is 0 Å². The Hall–Kier alpha value is -3.20. The summed E-state index contributed by atoms with van der Waals surface area (Å²) >= 11 is 0. The van der Waals surface area contributed by atoms with Gasteiger partial charge in [0.25, 0.3) is 10.0 Å². The third kappa shape index (κ3) is 3.89. The number of ether oxygens (including phenoxy) is 3. The van der Waals surface area contributed by atoms with Crippen LogP contribution >= 0.6 is 0 Å². The van der Waals surface area contributed by atoms with Crippen molar-refractivity contribution in [1.29, 1.82) is 0 Å². The standard InChI is InChI=1S/C19H20N2O6S/c1-12-9-16(27-20-12)13-5-8-19(18(10-13)26-4)28(22,23)21-14-6-7-15(24-2)17(11-14)25-3/h5-11,21H,1-4H3. The predicted molar refractivity (Wildman–Crippen MR) is 104 cm³/mol. The Kier molecular flexibility index (Phi) is 5.46. The van der Waals surface area contributed by atoms with Gasteiger partial charge in [0, 0.05) is 17.7 Å². The maximum Gasteiger partial charge on any atom is 0.265 e. The zero-order chi connectivity index (χ0) is 20.3. The highest BCUT2D eigenvalue weighted by atomic mass is 32.2. The second-order valence-corrected chi connectivity index (χ2v) is 7.52. The van der Waals surface area contributed by atoms with Crippen LogP contribution in [0.25, 0.3) is 11.3 Å². The van der Waals surface area contributed by atoms with Crippen molar-refractivity contribution in [3.05, 3.63) is 48.2 Å². The first kappa shape index (κ1) is 19.6. The van der Waals surface area contributed by atoms with Gasteiger partial charge in [0.05, 0.1) is 32.7 Å². The van der Waals surface area contributed by atoms with Crippen molar-refractivity contribution in [3.8, 4) is 28.6 Å². The number of rotatable bonds is 7. The normalized spacial score (nSPS) is 11.1. The molecular formula is C19H20N2O6S. The molecule has 0 radical (unpaired) electrons. The number of aryl methyl sites for hydroxylation is 1. The summed E-state index contributed by atoms with van der Waals surface area (Å²) in [6, 6.07) is 11.2. The lowest BCUT2D eigenvalue weighted by molar-refractivity contribution is 0.355. The summed E-state index contributed by atoms with van der Waals surface area (Å²) < 4.78 is 49.2. The van der Waals surface area contributed by atoms with Crippen molar-refractivity contribution in [2.24, 2.45) is 0 Å². The lowest BCUT2D eigenvalue weighted by atomic mass is 10.1. The highest BCUT2D eigenvalue weighted by Gasteiger charge is 2.21. The number of nitrogens with one attached hydrogen (secondary N) is 1. The van der Waals surface area contributed by atoms with Crippen LogP contribution in [0.2, 0.25) is 0 Å². The van der Waals surface area contributed by atoms with Crippen LogP contribution in [0.15, 0.2) is 51.9 Å². The molecule has 1 heterocycles. The van der Waals surface area contributed by atoms with E-state index in [1.807, 2.05) is 0 Å². The minimum absolute atomic E-state index is 0.00947. The summed E-state index contributed by atoms with van der Waals surface area (Å²) in [7, 11) is 0.470. The van der Waals surface area contributed by atoms with Gasteiger partial charge in [-0.05, 0) is 37.3 Å². The summed E-state index contributed by atoms with van der Waals surface area (Å²) in [5, 5.41) is 3.84. The third-order valence-electron chi connectivity index (χ3n) is 4.00. The number of aromatic nitrogens is 1. The fraction of sp³-hybridized carbons (Fsp3) is 0.211. The number of benzene rings is 2. The highest BCUT2D eigenvalue weighted by Crippen LogP contribution is 2.34. The molecule has 9 heteroatoms. The molecule has 0 unspecified atom stereocenters. The number of nitrogens with zero attached hydrogens (tertiary/aromatic N) is 1. The van der Waals surface area contributed by atoms with Crippen LogP contribution in [0.1, 0.15) is 5.69 Å². The van der Waals surface area contributed by atoms with Crippen molar-refractivity contribution >= 4 is 15.7 Å². The number of hydrogen-bond donors (Lipinski definition) is 1. The molecule has 0 aliphatic carbocycles. The minimum Gasteiger partial charge on any atom is -0.495 e. The van der Waals surface area contributed by atoms with Crippen molar-refractivity contribution in [2.45, 2.75) is 11.8 Å². The first-order valence-electron chi connectivity index (χ1n) is 8.24. The Balaban J connectivity index is 1.95. The van der Waals surface area contributed by atoms with Gasteiger partial charge in [-0.25, -0.2) is 8.42 Å². The molecular weight excluding hydrogens is 384 g/mol. The maximum atomic E-state index is 12.9. The van der Waals surface area contributed by atoms with Gasteiger partial charge in [0.15, 0.2) is 17.3 Å². The molecule has 0 bridgehead atoms. The average molecular weight is 404 g/mol. The van der Waals surface area contributed by atoms with Crippen molar-refractivity contribution in [3.63, 3.8) is 0 Å². The summed E-state index contributed by atoms with van der Waals surface area (Å²) in [5.74, 6) is 1.60. The lowest BCUT2D eigenvalue weighted by Crippen LogP contribution is -2.14. The number of anilines is 1. The fourth-order valence-electron chi connectivity index (χ4n) is 2.65. The minimum atomic E-state index is -3.91. The zero-order valence-corrected chi connectivity index (χ0v) is 16.7. The van der Waals surface area contributed by atoms with Crippen LogP contribution in [-0.4, -0.2) is 34.9 Å². The molecule has 3 rings (SSSR count). The molecule has 0 spiro atoms. The number of sulfonamides is 1. The van der Waals surface area contributed by atoms with E-state index in [9.17, 15) is 8.42 Å².